The van der Waals surface area contributed by atoms with E-state index >= 15 is 0 Å². The zero-order chi connectivity index (χ0) is 20.9. The van der Waals surface area contributed by atoms with Gasteiger partial charge in [-0.2, -0.15) is 0 Å². The molecular formula is C22H20FN3O3S. The van der Waals surface area contributed by atoms with E-state index in [2.05, 4.69) is 9.97 Å². The highest BCUT2D eigenvalue weighted by atomic mass is 32.2. The smallest absolute Gasteiger partial charge is 0.229 e. The number of halogens is 1. The molecule has 1 fully saturated rings. The first-order valence-corrected chi connectivity index (χ1v) is 11.4. The summed E-state index contributed by atoms with van der Waals surface area (Å²) in [5.74, 6) is -0.196. The molecule has 3 aromatic rings. The largest absolute Gasteiger partial charge is 0.395 e. The third kappa shape index (κ3) is 3.07. The van der Waals surface area contributed by atoms with Crippen LogP contribution in [-0.2, 0) is 15.3 Å². The van der Waals surface area contributed by atoms with Crippen LogP contribution in [-0.4, -0.2) is 42.4 Å². The lowest BCUT2D eigenvalue weighted by Crippen LogP contribution is -2.21. The van der Waals surface area contributed by atoms with Crippen molar-refractivity contribution in [2.45, 2.75) is 23.2 Å². The third-order valence-corrected chi connectivity index (χ3v) is 7.62. The minimum absolute atomic E-state index is 0.0160. The van der Waals surface area contributed by atoms with Crippen LogP contribution in [0.1, 0.15) is 18.4 Å². The van der Waals surface area contributed by atoms with Crippen molar-refractivity contribution in [1.29, 1.82) is 0 Å². The Bertz CT molecular complexity index is 1220. The molecule has 1 aliphatic heterocycles. The van der Waals surface area contributed by atoms with Crippen LogP contribution in [0.5, 0.6) is 0 Å². The molecule has 5 rings (SSSR count). The SMILES string of the molecule is O=S(=O)(CCO)c1ccc2c(c1)N(c1ncc(-c3ccccc3F)cn1)CC21CC1. The summed E-state index contributed by atoms with van der Waals surface area (Å²) in [5, 5.41) is 9.08. The molecule has 1 N–H and O–H groups in total. The molecule has 30 heavy (non-hydrogen) atoms. The highest BCUT2D eigenvalue weighted by Gasteiger charge is 2.52. The Labute approximate surface area is 174 Å². The number of benzene rings is 2. The van der Waals surface area contributed by atoms with Gasteiger partial charge in [-0.05, 0) is 36.6 Å². The molecule has 1 aliphatic carbocycles. The maximum absolute atomic E-state index is 14.1. The van der Waals surface area contributed by atoms with E-state index < -0.39 is 16.4 Å². The average Bonchev–Trinajstić information content (AvgIpc) is 3.45. The van der Waals surface area contributed by atoms with Crippen LogP contribution in [0, 0.1) is 5.82 Å². The van der Waals surface area contributed by atoms with Gasteiger partial charge in [0.15, 0.2) is 9.84 Å². The second-order valence-electron chi connectivity index (χ2n) is 7.84. The van der Waals surface area contributed by atoms with Gasteiger partial charge < -0.3 is 10.0 Å². The molecule has 0 amide bonds. The van der Waals surface area contributed by atoms with Gasteiger partial charge in [-0.3, -0.25) is 0 Å². The van der Waals surface area contributed by atoms with E-state index in [1.165, 1.54) is 6.07 Å². The van der Waals surface area contributed by atoms with E-state index in [0.717, 1.165) is 24.1 Å². The standard InChI is InChI=1S/C22H20FN3O3S/c23-19-4-2-1-3-17(19)15-12-24-21(25-13-15)26-14-22(7-8-22)18-6-5-16(11-20(18)26)30(28,29)10-9-27/h1-6,11-13,27H,7-10,14H2. The van der Waals surface area contributed by atoms with Gasteiger partial charge >= 0.3 is 0 Å². The lowest BCUT2D eigenvalue weighted by Gasteiger charge is -2.18. The number of rotatable bonds is 5. The topological polar surface area (TPSA) is 83.4 Å². The predicted octanol–water partition coefficient (Wildman–Crippen LogP) is 3.23. The normalized spacial score (nSPS) is 16.7. The molecule has 8 heteroatoms. The van der Waals surface area contributed by atoms with Gasteiger partial charge in [0.2, 0.25) is 5.95 Å². The fraction of sp³-hybridized carbons (Fsp3) is 0.273. The number of aliphatic hydroxyl groups is 1. The van der Waals surface area contributed by atoms with E-state index in [9.17, 15) is 12.8 Å². The molecule has 6 nitrogen and oxygen atoms in total. The number of hydrogen-bond acceptors (Lipinski definition) is 6. The summed E-state index contributed by atoms with van der Waals surface area (Å²) in [5.41, 5.74) is 2.92. The van der Waals surface area contributed by atoms with Crippen molar-refractivity contribution >= 4 is 21.5 Å². The van der Waals surface area contributed by atoms with Crippen LogP contribution in [0.4, 0.5) is 16.0 Å². The summed E-state index contributed by atoms with van der Waals surface area (Å²) < 4.78 is 38.9. The molecule has 1 spiro atoms. The molecule has 1 saturated carbocycles. The fourth-order valence-corrected chi connectivity index (χ4v) is 5.18. The van der Waals surface area contributed by atoms with Crippen molar-refractivity contribution in [3.63, 3.8) is 0 Å². The van der Waals surface area contributed by atoms with Crippen LogP contribution in [0.25, 0.3) is 11.1 Å². The molecule has 1 aromatic heterocycles. The number of fused-ring (bicyclic) bond motifs is 2. The molecule has 0 saturated heterocycles. The second kappa shape index (κ2) is 6.85. The van der Waals surface area contributed by atoms with Crippen LogP contribution in [0.15, 0.2) is 59.8 Å². The lowest BCUT2D eigenvalue weighted by atomic mass is 9.99. The molecule has 154 valence electrons. The van der Waals surface area contributed by atoms with Crippen LogP contribution in [0.3, 0.4) is 0 Å². The summed E-state index contributed by atoms with van der Waals surface area (Å²) in [6, 6.07) is 11.6. The summed E-state index contributed by atoms with van der Waals surface area (Å²) >= 11 is 0. The molecule has 2 aliphatic rings. The van der Waals surface area contributed by atoms with Gasteiger partial charge in [0.25, 0.3) is 0 Å². The summed E-state index contributed by atoms with van der Waals surface area (Å²) in [7, 11) is -3.56. The molecule has 2 aromatic carbocycles. The van der Waals surface area contributed by atoms with E-state index in [4.69, 9.17) is 5.11 Å². The van der Waals surface area contributed by atoms with Crippen molar-refractivity contribution < 1.29 is 17.9 Å². The monoisotopic (exact) mass is 425 g/mol. The van der Waals surface area contributed by atoms with Gasteiger partial charge in [-0.25, -0.2) is 22.8 Å². The van der Waals surface area contributed by atoms with Crippen molar-refractivity contribution in [2.75, 3.05) is 23.8 Å². The van der Waals surface area contributed by atoms with Crippen molar-refractivity contribution in [1.82, 2.24) is 9.97 Å². The molecule has 0 unspecified atom stereocenters. The van der Waals surface area contributed by atoms with E-state index in [1.54, 1.807) is 42.7 Å². The zero-order valence-corrected chi connectivity index (χ0v) is 16.9. The van der Waals surface area contributed by atoms with E-state index in [-0.39, 0.29) is 21.9 Å². The zero-order valence-electron chi connectivity index (χ0n) is 16.1. The molecule has 0 radical (unpaired) electrons. The number of hydrogen-bond donors (Lipinski definition) is 1. The number of aliphatic hydroxyl groups excluding tert-OH is 1. The molecule has 2 heterocycles. The Morgan fingerprint density at radius 1 is 1.10 bits per heavy atom. The quantitative estimate of drug-likeness (QED) is 0.676. The van der Waals surface area contributed by atoms with Crippen molar-refractivity contribution in [2.24, 2.45) is 0 Å². The van der Waals surface area contributed by atoms with Gasteiger partial charge in [-0.1, -0.05) is 24.3 Å². The molecule has 0 bridgehead atoms. The van der Waals surface area contributed by atoms with Crippen molar-refractivity contribution in [3.05, 3.63) is 66.2 Å². The number of anilines is 2. The van der Waals surface area contributed by atoms with Crippen LogP contribution in [0.2, 0.25) is 0 Å². The van der Waals surface area contributed by atoms with Crippen LogP contribution >= 0.6 is 0 Å². The predicted molar refractivity (Wildman–Crippen MR) is 111 cm³/mol. The van der Waals surface area contributed by atoms with Gasteiger partial charge in [-0.15, -0.1) is 0 Å². The van der Waals surface area contributed by atoms with Gasteiger partial charge in [0.05, 0.1) is 17.3 Å². The van der Waals surface area contributed by atoms with Crippen molar-refractivity contribution in [3.8, 4) is 11.1 Å². The first-order valence-electron chi connectivity index (χ1n) is 9.76. The van der Waals surface area contributed by atoms with Crippen LogP contribution < -0.4 is 4.90 Å². The third-order valence-electron chi connectivity index (χ3n) is 5.93. The average molecular weight is 425 g/mol. The number of nitrogens with zero attached hydrogens (tertiary/aromatic N) is 3. The summed E-state index contributed by atoms with van der Waals surface area (Å²) in [6.45, 7) is 0.262. The lowest BCUT2D eigenvalue weighted by molar-refractivity contribution is 0.319. The first-order chi connectivity index (χ1) is 14.4. The molecular weight excluding hydrogens is 405 g/mol. The fourth-order valence-electron chi connectivity index (χ4n) is 4.14. The first kappa shape index (κ1) is 19.1. The summed E-state index contributed by atoms with van der Waals surface area (Å²) in [4.78, 5) is 11.0. The Balaban J connectivity index is 1.53. The highest BCUT2D eigenvalue weighted by molar-refractivity contribution is 7.91. The molecule has 0 atom stereocenters. The second-order valence-corrected chi connectivity index (χ2v) is 9.95. The minimum Gasteiger partial charge on any atom is -0.395 e. The maximum Gasteiger partial charge on any atom is 0.229 e. The number of aromatic nitrogens is 2. The number of sulfone groups is 1. The maximum atomic E-state index is 14.1. The minimum atomic E-state index is -3.56. The Hall–Kier alpha value is -2.84. The van der Waals surface area contributed by atoms with Gasteiger partial charge in [0, 0.05) is 41.2 Å². The Kier molecular flexibility index (Phi) is 4.37. The van der Waals surface area contributed by atoms with Gasteiger partial charge in [0.1, 0.15) is 5.82 Å². The van der Waals surface area contributed by atoms with E-state index in [0.29, 0.717) is 23.6 Å². The Morgan fingerprint density at radius 2 is 1.83 bits per heavy atom. The summed E-state index contributed by atoms with van der Waals surface area (Å²) in [6.07, 6.45) is 5.24. The Morgan fingerprint density at radius 3 is 2.50 bits per heavy atom. The highest BCUT2D eigenvalue weighted by Crippen LogP contribution is 2.58. The van der Waals surface area contributed by atoms with E-state index in [1.807, 2.05) is 11.0 Å².